The quantitative estimate of drug-likeness (QED) is 0.801. The zero-order valence-corrected chi connectivity index (χ0v) is 12.7. The molecule has 0 spiro atoms. The van der Waals surface area contributed by atoms with Crippen LogP contribution in [0.15, 0.2) is 24.5 Å². The van der Waals surface area contributed by atoms with E-state index < -0.39 is 18.1 Å². The average molecular weight is 303 g/mol. The third-order valence-electron chi connectivity index (χ3n) is 3.88. The van der Waals surface area contributed by atoms with Gasteiger partial charge in [0.2, 0.25) is 0 Å². The highest BCUT2D eigenvalue weighted by atomic mass is 19.4. The lowest BCUT2D eigenvalue weighted by atomic mass is 9.92. The lowest BCUT2D eigenvalue weighted by molar-refractivity contribution is -0.136. The summed E-state index contributed by atoms with van der Waals surface area (Å²) >= 11 is 0. The summed E-state index contributed by atoms with van der Waals surface area (Å²) in [7, 11) is 0. The Morgan fingerprint density at radius 2 is 1.81 bits per heavy atom. The Balaban J connectivity index is 2.68. The van der Waals surface area contributed by atoms with Crippen LogP contribution in [0.4, 0.5) is 13.2 Å². The maximum atomic E-state index is 12.3. The number of nitrogens with zero attached hydrogens (tertiary/aromatic N) is 2. The molecule has 1 aromatic rings. The largest absolute Gasteiger partial charge is 0.389 e. The summed E-state index contributed by atoms with van der Waals surface area (Å²) in [5.41, 5.74) is 6.51. The van der Waals surface area contributed by atoms with Gasteiger partial charge in [0, 0.05) is 37.4 Å². The summed E-state index contributed by atoms with van der Waals surface area (Å²) in [6, 6.07) is 3.82. The molecule has 0 radical (unpaired) electrons. The highest BCUT2D eigenvalue weighted by molar-refractivity contribution is 5.10. The minimum Gasteiger partial charge on any atom is -0.329 e. The van der Waals surface area contributed by atoms with Gasteiger partial charge in [-0.15, -0.1) is 0 Å². The molecule has 1 unspecified atom stereocenters. The predicted molar refractivity (Wildman–Crippen MR) is 77.7 cm³/mol. The fraction of sp³-hybridized carbons (Fsp3) is 0.667. The van der Waals surface area contributed by atoms with Gasteiger partial charge in [0.25, 0.3) is 0 Å². The molecule has 6 heteroatoms. The monoisotopic (exact) mass is 303 g/mol. The number of hydrogen-bond acceptors (Lipinski definition) is 3. The molecule has 3 nitrogen and oxygen atoms in total. The van der Waals surface area contributed by atoms with Crippen LogP contribution in [0, 0.1) is 0 Å². The molecule has 0 bridgehead atoms. The van der Waals surface area contributed by atoms with Crippen LogP contribution in [0.5, 0.6) is 0 Å². The number of pyridine rings is 1. The molecule has 0 aromatic carbocycles. The second kappa shape index (κ2) is 7.75. The van der Waals surface area contributed by atoms with E-state index in [1.54, 1.807) is 12.4 Å². The van der Waals surface area contributed by atoms with Gasteiger partial charge in [-0.25, -0.2) is 0 Å². The van der Waals surface area contributed by atoms with Crippen LogP contribution in [0.1, 0.15) is 38.7 Å². The summed E-state index contributed by atoms with van der Waals surface area (Å²) in [5.74, 6) is 0. The van der Waals surface area contributed by atoms with Crippen molar-refractivity contribution in [3.8, 4) is 0 Å². The predicted octanol–water partition coefficient (Wildman–Crippen LogP) is 3.35. The van der Waals surface area contributed by atoms with Crippen LogP contribution < -0.4 is 5.73 Å². The highest BCUT2D eigenvalue weighted by Crippen LogP contribution is 2.28. The minimum atomic E-state index is -4.10. The second-order valence-corrected chi connectivity index (χ2v) is 5.54. The molecule has 0 saturated carbocycles. The average Bonchev–Trinajstić information content (AvgIpc) is 2.44. The molecule has 0 aliphatic carbocycles. The normalized spacial score (nSPS) is 15.2. The Morgan fingerprint density at radius 3 is 2.29 bits per heavy atom. The lowest BCUT2D eigenvalue weighted by Crippen LogP contribution is -2.51. The Morgan fingerprint density at radius 1 is 1.19 bits per heavy atom. The first-order valence-corrected chi connectivity index (χ1v) is 7.21. The van der Waals surface area contributed by atoms with Crippen molar-refractivity contribution in [2.24, 2.45) is 5.73 Å². The zero-order valence-electron chi connectivity index (χ0n) is 12.7. The molecule has 1 atom stereocenters. The summed E-state index contributed by atoms with van der Waals surface area (Å²) in [4.78, 5) is 6.11. The zero-order chi connectivity index (χ0) is 15.9. The van der Waals surface area contributed by atoms with Crippen molar-refractivity contribution in [2.45, 2.75) is 51.4 Å². The molecule has 120 valence electrons. The van der Waals surface area contributed by atoms with E-state index in [0.29, 0.717) is 19.5 Å². The fourth-order valence-corrected chi connectivity index (χ4v) is 2.45. The van der Waals surface area contributed by atoms with Crippen molar-refractivity contribution in [3.05, 3.63) is 30.1 Å². The van der Waals surface area contributed by atoms with Gasteiger partial charge in [-0.1, -0.05) is 6.92 Å². The van der Waals surface area contributed by atoms with E-state index >= 15 is 0 Å². The third kappa shape index (κ3) is 6.01. The molecule has 0 fully saturated rings. The number of likely N-dealkylation sites (N-methyl/N-ethyl adjacent to an activating group) is 1. The molecule has 0 aliphatic heterocycles. The molecule has 0 amide bonds. The van der Waals surface area contributed by atoms with Gasteiger partial charge in [0.15, 0.2) is 0 Å². The van der Waals surface area contributed by atoms with Crippen LogP contribution in [-0.4, -0.2) is 34.7 Å². The Hall–Kier alpha value is -1.14. The van der Waals surface area contributed by atoms with Crippen molar-refractivity contribution in [1.82, 2.24) is 9.88 Å². The number of alkyl halides is 3. The van der Waals surface area contributed by atoms with Crippen LogP contribution in [0.3, 0.4) is 0 Å². The van der Waals surface area contributed by atoms with Crippen molar-refractivity contribution in [3.63, 3.8) is 0 Å². The van der Waals surface area contributed by atoms with E-state index in [2.05, 4.69) is 9.88 Å². The lowest BCUT2D eigenvalue weighted by Gasteiger charge is -2.40. The first-order valence-electron chi connectivity index (χ1n) is 7.21. The molecule has 21 heavy (non-hydrogen) atoms. The van der Waals surface area contributed by atoms with Gasteiger partial charge in [0.05, 0.1) is 0 Å². The van der Waals surface area contributed by atoms with Gasteiger partial charge in [0.1, 0.15) is 0 Å². The molecule has 2 N–H and O–H groups in total. The maximum Gasteiger partial charge on any atom is 0.389 e. The van der Waals surface area contributed by atoms with Crippen LogP contribution >= 0.6 is 0 Å². The Bertz CT molecular complexity index is 408. The minimum absolute atomic E-state index is 0.101. The van der Waals surface area contributed by atoms with Gasteiger partial charge >= 0.3 is 6.18 Å². The van der Waals surface area contributed by atoms with Gasteiger partial charge in [-0.05, 0) is 44.0 Å². The van der Waals surface area contributed by atoms with Crippen molar-refractivity contribution >= 4 is 0 Å². The molecule has 0 saturated heterocycles. The van der Waals surface area contributed by atoms with Gasteiger partial charge in [-0.2, -0.15) is 13.2 Å². The Labute approximate surface area is 124 Å². The van der Waals surface area contributed by atoms with E-state index in [-0.39, 0.29) is 6.42 Å². The van der Waals surface area contributed by atoms with Crippen molar-refractivity contribution in [1.29, 1.82) is 0 Å². The number of halogens is 3. The van der Waals surface area contributed by atoms with E-state index in [9.17, 15) is 13.2 Å². The van der Waals surface area contributed by atoms with E-state index in [1.165, 1.54) is 0 Å². The molecule has 1 aromatic heterocycles. The second-order valence-electron chi connectivity index (χ2n) is 5.54. The topological polar surface area (TPSA) is 42.2 Å². The van der Waals surface area contributed by atoms with Crippen molar-refractivity contribution < 1.29 is 13.2 Å². The van der Waals surface area contributed by atoms with Gasteiger partial charge < -0.3 is 5.73 Å². The molecule has 1 heterocycles. The van der Waals surface area contributed by atoms with Crippen LogP contribution in [0.25, 0.3) is 0 Å². The maximum absolute atomic E-state index is 12.3. The van der Waals surface area contributed by atoms with E-state index in [4.69, 9.17) is 5.73 Å². The van der Waals surface area contributed by atoms with E-state index in [1.807, 2.05) is 26.0 Å². The Kier molecular flexibility index (Phi) is 6.61. The molecule has 0 aliphatic rings. The number of rotatable bonds is 8. The number of aromatic nitrogens is 1. The van der Waals surface area contributed by atoms with Crippen LogP contribution in [-0.2, 0) is 6.54 Å². The van der Waals surface area contributed by atoms with Gasteiger partial charge in [-0.3, -0.25) is 9.88 Å². The van der Waals surface area contributed by atoms with Crippen LogP contribution in [0.2, 0.25) is 0 Å². The summed E-state index contributed by atoms with van der Waals surface area (Å²) in [5, 5.41) is 0. The van der Waals surface area contributed by atoms with Crippen molar-refractivity contribution in [2.75, 3.05) is 13.1 Å². The molecular weight excluding hydrogens is 279 g/mol. The first kappa shape index (κ1) is 17.9. The SMILES string of the molecule is CCN(Cc1ccncc1)C(C)(CN)CCCC(F)(F)F. The first-order chi connectivity index (χ1) is 9.80. The standard InChI is InChI=1S/C15H24F3N3/c1-3-21(11-13-5-9-20-10-6-13)14(2,12-19)7-4-8-15(16,17)18/h5-6,9-10H,3-4,7-8,11-12,19H2,1-2H3. The fourth-order valence-electron chi connectivity index (χ4n) is 2.45. The molecular formula is C15H24F3N3. The highest BCUT2D eigenvalue weighted by Gasteiger charge is 2.32. The number of nitrogens with two attached hydrogens (primary N) is 1. The summed E-state index contributed by atoms with van der Waals surface area (Å²) in [6.45, 7) is 5.68. The third-order valence-corrected chi connectivity index (χ3v) is 3.88. The number of hydrogen-bond donors (Lipinski definition) is 1. The summed E-state index contributed by atoms with van der Waals surface area (Å²) < 4.78 is 36.9. The summed E-state index contributed by atoms with van der Waals surface area (Å²) in [6.07, 6.45) is -0.891. The smallest absolute Gasteiger partial charge is 0.329 e. The van der Waals surface area contributed by atoms with E-state index in [0.717, 1.165) is 12.1 Å². The molecule has 1 rings (SSSR count).